The predicted molar refractivity (Wildman–Crippen MR) is 106 cm³/mol. The number of halogens is 1. The van der Waals surface area contributed by atoms with Gasteiger partial charge in [-0.05, 0) is 19.1 Å². The lowest BCUT2D eigenvalue weighted by Crippen LogP contribution is -2.47. The third kappa shape index (κ3) is 3.09. The molecule has 7 nitrogen and oxygen atoms in total. The molecule has 0 amide bonds. The van der Waals surface area contributed by atoms with E-state index in [0.717, 1.165) is 61.9 Å². The number of nitrogens with zero attached hydrogens (tertiary/aromatic N) is 7. The van der Waals surface area contributed by atoms with Gasteiger partial charge in [-0.15, -0.1) is 0 Å². The number of fused-ring (bicyclic) bond motifs is 2. The van der Waals surface area contributed by atoms with E-state index in [1.807, 2.05) is 17.5 Å². The zero-order chi connectivity index (χ0) is 19.1. The minimum atomic E-state index is -0.244. The molecule has 0 radical (unpaired) electrons. The molecule has 1 aliphatic rings. The third-order valence-corrected chi connectivity index (χ3v) is 5.41. The van der Waals surface area contributed by atoms with Crippen molar-refractivity contribution < 1.29 is 4.39 Å². The largest absolute Gasteiger partial charge is 0.354 e. The average molecular weight is 379 g/mol. The van der Waals surface area contributed by atoms with Crippen LogP contribution in [0.4, 0.5) is 10.2 Å². The number of aromatic nitrogens is 5. The lowest BCUT2D eigenvalue weighted by atomic mass is 10.3. The molecule has 0 atom stereocenters. The second-order valence-corrected chi connectivity index (χ2v) is 7.26. The Morgan fingerprint density at radius 1 is 1.04 bits per heavy atom. The number of benzene rings is 1. The molecule has 0 bridgehead atoms. The van der Waals surface area contributed by atoms with Gasteiger partial charge in [0.15, 0.2) is 5.65 Å². The summed E-state index contributed by atoms with van der Waals surface area (Å²) in [5.74, 6) is 0.862. The lowest BCUT2D eigenvalue weighted by molar-refractivity contribution is 0.248. The van der Waals surface area contributed by atoms with Gasteiger partial charge in [-0.25, -0.2) is 14.4 Å². The Kier molecular flexibility index (Phi) is 4.20. The SMILES string of the molecule is Cc1cc(N2CCN(CCn3cnc4cc(F)ccc43)CC2)n2nccc2n1. The van der Waals surface area contributed by atoms with Gasteiger partial charge in [-0.1, -0.05) is 0 Å². The quantitative estimate of drug-likeness (QED) is 0.545. The highest BCUT2D eigenvalue weighted by Gasteiger charge is 2.20. The summed E-state index contributed by atoms with van der Waals surface area (Å²) in [7, 11) is 0. The highest BCUT2D eigenvalue weighted by molar-refractivity contribution is 5.75. The standard InChI is InChI=1S/C20H22FN7/c1-15-12-20(28-19(24-15)4-5-23-28)26-9-6-25(7-10-26)8-11-27-14-22-17-13-16(21)2-3-18(17)27/h2-5,12-14H,6-11H2,1H3. The summed E-state index contributed by atoms with van der Waals surface area (Å²) in [6.45, 7) is 7.70. The molecule has 4 heterocycles. The van der Waals surface area contributed by atoms with Crippen molar-refractivity contribution in [2.24, 2.45) is 0 Å². The van der Waals surface area contributed by atoms with Crippen molar-refractivity contribution in [1.29, 1.82) is 0 Å². The van der Waals surface area contributed by atoms with Crippen molar-refractivity contribution in [3.05, 3.63) is 54.4 Å². The molecule has 0 aliphatic carbocycles. The zero-order valence-electron chi connectivity index (χ0n) is 15.8. The van der Waals surface area contributed by atoms with E-state index in [2.05, 4.69) is 35.5 Å². The summed E-state index contributed by atoms with van der Waals surface area (Å²) in [6.07, 6.45) is 3.59. The lowest BCUT2D eigenvalue weighted by Gasteiger charge is -2.36. The van der Waals surface area contributed by atoms with E-state index in [9.17, 15) is 4.39 Å². The molecule has 0 N–H and O–H groups in total. The summed E-state index contributed by atoms with van der Waals surface area (Å²) in [5.41, 5.74) is 3.59. The Balaban J connectivity index is 1.24. The first-order valence-electron chi connectivity index (χ1n) is 9.56. The van der Waals surface area contributed by atoms with Gasteiger partial charge in [0.05, 0.1) is 23.6 Å². The number of anilines is 1. The molecule has 3 aromatic heterocycles. The van der Waals surface area contributed by atoms with Crippen LogP contribution in [-0.4, -0.2) is 61.8 Å². The van der Waals surface area contributed by atoms with Crippen LogP contribution < -0.4 is 4.90 Å². The highest BCUT2D eigenvalue weighted by atomic mass is 19.1. The first-order chi connectivity index (χ1) is 13.7. The van der Waals surface area contributed by atoms with Gasteiger partial charge < -0.3 is 9.47 Å². The Morgan fingerprint density at radius 3 is 2.75 bits per heavy atom. The Hall–Kier alpha value is -3.00. The van der Waals surface area contributed by atoms with E-state index in [1.54, 1.807) is 18.6 Å². The van der Waals surface area contributed by atoms with Crippen LogP contribution >= 0.6 is 0 Å². The smallest absolute Gasteiger partial charge is 0.157 e. The van der Waals surface area contributed by atoms with Crippen molar-refractivity contribution in [2.45, 2.75) is 13.5 Å². The molecule has 0 unspecified atom stereocenters. The molecular weight excluding hydrogens is 357 g/mol. The van der Waals surface area contributed by atoms with Crippen LogP contribution in [-0.2, 0) is 6.54 Å². The molecule has 144 valence electrons. The minimum absolute atomic E-state index is 0.244. The number of imidazole rings is 1. The molecule has 1 aliphatic heterocycles. The molecule has 0 saturated carbocycles. The number of piperazine rings is 1. The van der Waals surface area contributed by atoms with Crippen LogP contribution in [0, 0.1) is 12.7 Å². The van der Waals surface area contributed by atoms with Gasteiger partial charge in [-0.2, -0.15) is 9.61 Å². The Bertz CT molecular complexity index is 1120. The van der Waals surface area contributed by atoms with Crippen LogP contribution in [0.2, 0.25) is 0 Å². The van der Waals surface area contributed by atoms with E-state index in [4.69, 9.17) is 0 Å². The van der Waals surface area contributed by atoms with E-state index >= 15 is 0 Å². The van der Waals surface area contributed by atoms with Crippen LogP contribution in [0.1, 0.15) is 5.69 Å². The molecular formula is C20H22FN7. The number of hydrogen-bond acceptors (Lipinski definition) is 5. The number of aryl methyl sites for hydroxylation is 1. The molecule has 8 heteroatoms. The van der Waals surface area contributed by atoms with Gasteiger partial charge in [0.25, 0.3) is 0 Å². The topological polar surface area (TPSA) is 54.5 Å². The molecule has 1 aromatic carbocycles. The molecule has 1 saturated heterocycles. The first kappa shape index (κ1) is 17.1. The van der Waals surface area contributed by atoms with Gasteiger partial charge in [0.2, 0.25) is 0 Å². The van der Waals surface area contributed by atoms with E-state index < -0.39 is 0 Å². The summed E-state index contributed by atoms with van der Waals surface area (Å²) >= 11 is 0. The maximum atomic E-state index is 13.3. The second-order valence-electron chi connectivity index (χ2n) is 7.26. The van der Waals surface area contributed by atoms with Gasteiger partial charge in [-0.3, -0.25) is 4.90 Å². The van der Waals surface area contributed by atoms with Crippen LogP contribution in [0.3, 0.4) is 0 Å². The number of rotatable bonds is 4. The van der Waals surface area contributed by atoms with Gasteiger partial charge in [0.1, 0.15) is 11.6 Å². The second kappa shape index (κ2) is 6.87. The zero-order valence-corrected chi connectivity index (χ0v) is 15.8. The third-order valence-electron chi connectivity index (χ3n) is 5.41. The fourth-order valence-corrected chi connectivity index (χ4v) is 3.91. The predicted octanol–water partition coefficient (Wildman–Crippen LogP) is 2.35. The van der Waals surface area contributed by atoms with Crippen LogP contribution in [0.25, 0.3) is 16.7 Å². The monoisotopic (exact) mass is 379 g/mol. The summed E-state index contributed by atoms with van der Waals surface area (Å²) in [4.78, 5) is 13.7. The Labute approximate surface area is 162 Å². The molecule has 4 aromatic rings. The van der Waals surface area contributed by atoms with Crippen molar-refractivity contribution in [3.8, 4) is 0 Å². The average Bonchev–Trinajstić information content (AvgIpc) is 3.32. The van der Waals surface area contributed by atoms with Crippen molar-refractivity contribution >= 4 is 22.5 Å². The molecule has 1 fully saturated rings. The van der Waals surface area contributed by atoms with E-state index in [1.165, 1.54) is 12.1 Å². The maximum Gasteiger partial charge on any atom is 0.157 e. The normalized spacial score (nSPS) is 15.7. The van der Waals surface area contributed by atoms with Crippen LogP contribution in [0.15, 0.2) is 42.9 Å². The molecule has 5 rings (SSSR count). The Morgan fingerprint density at radius 2 is 1.89 bits per heavy atom. The fourth-order valence-electron chi connectivity index (χ4n) is 3.91. The van der Waals surface area contributed by atoms with Crippen molar-refractivity contribution in [2.75, 3.05) is 37.6 Å². The highest BCUT2D eigenvalue weighted by Crippen LogP contribution is 2.19. The summed E-state index contributed by atoms with van der Waals surface area (Å²) < 4.78 is 17.3. The summed E-state index contributed by atoms with van der Waals surface area (Å²) in [6, 6.07) is 8.82. The first-order valence-corrected chi connectivity index (χ1v) is 9.56. The molecule has 0 spiro atoms. The molecule has 28 heavy (non-hydrogen) atoms. The fraction of sp³-hybridized carbons (Fsp3) is 0.350. The summed E-state index contributed by atoms with van der Waals surface area (Å²) in [5, 5.41) is 4.42. The van der Waals surface area contributed by atoms with Gasteiger partial charge in [0, 0.05) is 63.2 Å². The van der Waals surface area contributed by atoms with E-state index in [0.29, 0.717) is 5.52 Å². The maximum absolute atomic E-state index is 13.3. The van der Waals surface area contributed by atoms with Crippen molar-refractivity contribution in [3.63, 3.8) is 0 Å². The van der Waals surface area contributed by atoms with Gasteiger partial charge >= 0.3 is 0 Å². The number of hydrogen-bond donors (Lipinski definition) is 0. The van der Waals surface area contributed by atoms with Crippen LogP contribution in [0.5, 0.6) is 0 Å². The van der Waals surface area contributed by atoms with Crippen molar-refractivity contribution in [1.82, 2.24) is 29.0 Å². The minimum Gasteiger partial charge on any atom is -0.354 e. The van der Waals surface area contributed by atoms with E-state index in [-0.39, 0.29) is 5.82 Å².